The highest BCUT2D eigenvalue weighted by molar-refractivity contribution is 7.72. The van der Waals surface area contributed by atoms with Crippen LogP contribution in [-0.4, -0.2) is 42.9 Å². The maximum atomic E-state index is 15.4. The second-order valence-corrected chi connectivity index (χ2v) is 9.89. The first-order valence-corrected chi connectivity index (χ1v) is 11.8. The zero-order chi connectivity index (χ0) is 26.3. The molecular formula is C22H23F4N3O5S. The largest absolute Gasteiger partial charge is 0.573 e. The van der Waals surface area contributed by atoms with Crippen molar-refractivity contribution >= 4 is 33.9 Å². The molecule has 0 spiro atoms. The third kappa shape index (κ3) is 5.39. The summed E-state index contributed by atoms with van der Waals surface area (Å²) >= 11 is 0. The van der Waals surface area contributed by atoms with E-state index in [1.54, 1.807) is 6.92 Å². The van der Waals surface area contributed by atoms with Crippen molar-refractivity contribution in [2.75, 3.05) is 10.7 Å². The molecule has 0 fully saturated rings. The van der Waals surface area contributed by atoms with E-state index in [2.05, 4.69) is 15.0 Å². The molecule has 2 aromatic rings. The lowest BCUT2D eigenvalue weighted by Gasteiger charge is -2.27. The first-order valence-electron chi connectivity index (χ1n) is 10.4. The average Bonchev–Trinajstić information content (AvgIpc) is 2.93. The van der Waals surface area contributed by atoms with Gasteiger partial charge >= 0.3 is 6.36 Å². The fourth-order valence-electron chi connectivity index (χ4n) is 3.77. The number of benzene rings is 1. The Kier molecular flexibility index (Phi) is 6.86. The summed E-state index contributed by atoms with van der Waals surface area (Å²) in [5.74, 6) is -3.38. The number of halogens is 4. The van der Waals surface area contributed by atoms with E-state index in [9.17, 15) is 31.2 Å². The number of alkyl halides is 3. The van der Waals surface area contributed by atoms with Crippen LogP contribution in [0.25, 0.3) is 0 Å². The monoisotopic (exact) mass is 517 g/mol. The highest BCUT2D eigenvalue weighted by Gasteiger charge is 2.47. The zero-order valence-corrected chi connectivity index (χ0v) is 20.1. The molecule has 0 saturated carbocycles. The molecule has 0 saturated heterocycles. The summed E-state index contributed by atoms with van der Waals surface area (Å²) in [4.78, 5) is 30.6. The van der Waals surface area contributed by atoms with E-state index >= 15 is 4.39 Å². The fourth-order valence-corrected chi connectivity index (χ4v) is 4.64. The summed E-state index contributed by atoms with van der Waals surface area (Å²) in [6, 6.07) is 3.09. The van der Waals surface area contributed by atoms with Crippen LogP contribution in [0, 0.1) is 5.82 Å². The number of thiol groups is 1. The lowest BCUT2D eigenvalue weighted by atomic mass is 9.85. The molecule has 0 bridgehead atoms. The van der Waals surface area contributed by atoms with Gasteiger partial charge in [-0.15, -0.1) is 13.2 Å². The summed E-state index contributed by atoms with van der Waals surface area (Å²) in [6.07, 6.45) is -2.82. The number of carbonyl (C=O) groups is 2. The van der Waals surface area contributed by atoms with Crippen molar-refractivity contribution < 1.29 is 40.3 Å². The summed E-state index contributed by atoms with van der Waals surface area (Å²) in [6.45, 7) is 6.19. The minimum Gasteiger partial charge on any atom is -0.404 e. The molecule has 1 atom stereocenters. The first kappa shape index (κ1) is 26.4. The maximum Gasteiger partial charge on any atom is 0.573 e. The van der Waals surface area contributed by atoms with Crippen LogP contribution in [0.3, 0.4) is 0 Å². The van der Waals surface area contributed by atoms with Gasteiger partial charge in [-0.1, -0.05) is 6.92 Å². The molecule has 1 aromatic heterocycles. The quantitative estimate of drug-likeness (QED) is 0.430. The van der Waals surface area contributed by atoms with Crippen LogP contribution in [0.5, 0.6) is 5.75 Å². The molecule has 0 aliphatic carbocycles. The van der Waals surface area contributed by atoms with E-state index in [0.29, 0.717) is 0 Å². The Morgan fingerprint density at radius 2 is 1.86 bits per heavy atom. The van der Waals surface area contributed by atoms with Crippen LogP contribution < -0.4 is 15.0 Å². The first-order chi connectivity index (χ1) is 16.1. The standard InChI is InChI=1S/C22H23F4N3O5S/c1-5-21(4,11-35(32)33)28-18(30)12-6-15-17(16(23)7-12)29(19(31)20(15,2)3)13-8-14(10-27-9-13)34-22(24,25)26/h6-10,35H,5,11H2,1-4H3,(H,28,30). The van der Waals surface area contributed by atoms with Crippen molar-refractivity contribution in [3.05, 3.63) is 47.5 Å². The molecule has 13 heteroatoms. The van der Waals surface area contributed by atoms with Crippen molar-refractivity contribution in [1.82, 2.24) is 10.3 Å². The van der Waals surface area contributed by atoms with E-state index in [0.717, 1.165) is 29.4 Å². The Hall–Kier alpha value is -3.22. The lowest BCUT2D eigenvalue weighted by molar-refractivity contribution is -0.274. The minimum atomic E-state index is -4.99. The van der Waals surface area contributed by atoms with Crippen LogP contribution in [0.4, 0.5) is 28.9 Å². The van der Waals surface area contributed by atoms with Crippen LogP contribution in [-0.2, 0) is 20.9 Å². The number of pyridine rings is 1. The number of anilines is 2. The molecular weight excluding hydrogens is 494 g/mol. The third-order valence-electron chi connectivity index (χ3n) is 5.82. The number of nitrogens with zero attached hydrogens (tertiary/aromatic N) is 2. The molecule has 1 aliphatic heterocycles. The summed E-state index contributed by atoms with van der Waals surface area (Å²) < 4.78 is 79.5. The molecule has 2 amide bonds. The number of ether oxygens (including phenoxy) is 1. The predicted molar refractivity (Wildman–Crippen MR) is 119 cm³/mol. The van der Waals surface area contributed by atoms with Gasteiger partial charge in [0.1, 0.15) is 22.3 Å². The number of carbonyl (C=O) groups excluding carboxylic acids is 2. The van der Waals surface area contributed by atoms with E-state index in [1.807, 2.05) is 0 Å². The summed E-state index contributed by atoms with van der Waals surface area (Å²) in [5, 5.41) is 2.60. The van der Waals surface area contributed by atoms with Gasteiger partial charge in [0.2, 0.25) is 5.91 Å². The molecule has 190 valence electrons. The van der Waals surface area contributed by atoms with Crippen molar-refractivity contribution in [1.29, 1.82) is 0 Å². The van der Waals surface area contributed by atoms with E-state index in [1.165, 1.54) is 26.8 Å². The van der Waals surface area contributed by atoms with Gasteiger partial charge in [-0.05, 0) is 44.9 Å². The number of fused-ring (bicyclic) bond motifs is 1. The molecule has 35 heavy (non-hydrogen) atoms. The smallest absolute Gasteiger partial charge is 0.404 e. The minimum absolute atomic E-state index is 0.128. The van der Waals surface area contributed by atoms with E-state index < -0.39 is 51.4 Å². The highest BCUT2D eigenvalue weighted by atomic mass is 32.2. The zero-order valence-electron chi connectivity index (χ0n) is 19.2. The third-order valence-corrected chi connectivity index (χ3v) is 6.78. The lowest BCUT2D eigenvalue weighted by Crippen LogP contribution is -2.48. The van der Waals surface area contributed by atoms with E-state index in [-0.39, 0.29) is 34.7 Å². The van der Waals surface area contributed by atoms with Gasteiger partial charge in [0.05, 0.1) is 40.5 Å². The summed E-state index contributed by atoms with van der Waals surface area (Å²) in [5.41, 5.74) is -2.84. The summed E-state index contributed by atoms with van der Waals surface area (Å²) in [7, 11) is -2.80. The number of hydrogen-bond acceptors (Lipinski definition) is 6. The predicted octanol–water partition coefficient (Wildman–Crippen LogP) is 3.59. The molecule has 8 nitrogen and oxygen atoms in total. The Morgan fingerprint density at radius 1 is 1.20 bits per heavy atom. The molecule has 1 N–H and O–H groups in total. The fraction of sp³-hybridized carbons (Fsp3) is 0.409. The van der Waals surface area contributed by atoms with Crippen LogP contribution in [0.2, 0.25) is 0 Å². The number of rotatable bonds is 7. The van der Waals surface area contributed by atoms with Crippen LogP contribution in [0.1, 0.15) is 50.0 Å². The van der Waals surface area contributed by atoms with Crippen LogP contribution >= 0.6 is 0 Å². The highest BCUT2D eigenvalue weighted by Crippen LogP contribution is 2.47. The van der Waals surface area contributed by atoms with E-state index in [4.69, 9.17) is 0 Å². The van der Waals surface area contributed by atoms with Crippen molar-refractivity contribution in [2.45, 2.75) is 51.4 Å². The second-order valence-electron chi connectivity index (χ2n) is 8.91. The van der Waals surface area contributed by atoms with Gasteiger partial charge in [-0.2, -0.15) is 0 Å². The van der Waals surface area contributed by atoms with Gasteiger partial charge in [0, 0.05) is 11.6 Å². The Morgan fingerprint density at radius 3 is 2.43 bits per heavy atom. The van der Waals surface area contributed by atoms with Crippen molar-refractivity contribution in [2.24, 2.45) is 0 Å². The number of hydrogen-bond donors (Lipinski definition) is 2. The number of amides is 2. The number of nitrogens with one attached hydrogen (secondary N) is 1. The topological polar surface area (TPSA) is 106 Å². The van der Waals surface area contributed by atoms with Gasteiger partial charge in [0.15, 0.2) is 0 Å². The Bertz CT molecular complexity index is 1250. The van der Waals surface area contributed by atoms with Gasteiger partial charge in [0.25, 0.3) is 5.91 Å². The van der Waals surface area contributed by atoms with Crippen LogP contribution in [0.15, 0.2) is 30.6 Å². The molecule has 1 aliphatic rings. The van der Waals surface area contributed by atoms with Gasteiger partial charge in [-0.3, -0.25) is 19.5 Å². The average molecular weight is 518 g/mol. The Balaban J connectivity index is 2.05. The van der Waals surface area contributed by atoms with Crippen molar-refractivity contribution in [3.8, 4) is 5.75 Å². The van der Waals surface area contributed by atoms with Gasteiger partial charge < -0.3 is 10.1 Å². The SMILES string of the molecule is CCC(C)(C[SH](=O)=O)NC(=O)c1cc(F)c2c(c1)C(C)(C)C(=O)N2c1cncc(OC(F)(F)F)c1. The molecule has 1 unspecified atom stereocenters. The number of aromatic nitrogens is 1. The van der Waals surface area contributed by atoms with Crippen molar-refractivity contribution in [3.63, 3.8) is 0 Å². The molecule has 2 heterocycles. The molecule has 0 radical (unpaired) electrons. The normalized spacial score (nSPS) is 16.7. The maximum absolute atomic E-state index is 15.4. The van der Waals surface area contributed by atoms with Gasteiger partial charge in [-0.25, -0.2) is 12.8 Å². The second kappa shape index (κ2) is 9.10. The molecule has 1 aromatic carbocycles. The molecule has 3 rings (SSSR count). The Labute approximate surface area is 200 Å².